The van der Waals surface area contributed by atoms with Gasteiger partial charge in [0.1, 0.15) is 24.3 Å². The van der Waals surface area contributed by atoms with Crippen molar-refractivity contribution >= 4 is 29.8 Å². The Balaban J connectivity index is 1.76. The first-order valence-corrected chi connectivity index (χ1v) is 14.2. The van der Waals surface area contributed by atoms with E-state index in [1.807, 2.05) is 6.07 Å². The maximum atomic E-state index is 13.5. The number of carbonyl (C=O) groups excluding carboxylic acids is 5. The number of nitrogens with two attached hydrogens (primary N) is 1. The largest absolute Gasteiger partial charge is 0.458 e. The Morgan fingerprint density at radius 2 is 1.58 bits per heavy atom. The lowest BCUT2D eigenvalue weighted by Crippen LogP contribution is -2.58. The van der Waals surface area contributed by atoms with E-state index < -0.39 is 66.0 Å². The maximum absolute atomic E-state index is 13.5. The van der Waals surface area contributed by atoms with Gasteiger partial charge in [0.2, 0.25) is 11.8 Å². The quantitative estimate of drug-likeness (QED) is 0.267. The molecule has 43 heavy (non-hydrogen) atoms. The van der Waals surface area contributed by atoms with Crippen LogP contribution in [0, 0.1) is 0 Å². The van der Waals surface area contributed by atoms with Crippen molar-refractivity contribution in [3.63, 3.8) is 0 Å². The Morgan fingerprint density at radius 1 is 0.977 bits per heavy atom. The van der Waals surface area contributed by atoms with Crippen LogP contribution in [0.1, 0.15) is 51.2 Å². The Bertz CT molecular complexity index is 1270. The van der Waals surface area contributed by atoms with Crippen molar-refractivity contribution in [2.75, 3.05) is 6.54 Å². The first-order valence-electron chi connectivity index (χ1n) is 14.2. The van der Waals surface area contributed by atoms with Gasteiger partial charge in [0.25, 0.3) is 5.91 Å². The molecule has 0 aromatic heterocycles. The van der Waals surface area contributed by atoms with Crippen molar-refractivity contribution in [1.82, 2.24) is 15.5 Å². The second-order valence-corrected chi connectivity index (χ2v) is 11.4. The molecule has 12 heteroatoms. The van der Waals surface area contributed by atoms with Gasteiger partial charge in [-0.1, -0.05) is 60.7 Å². The minimum Gasteiger partial charge on any atom is -0.458 e. The monoisotopic (exact) mass is 596 g/mol. The third kappa shape index (κ3) is 10.4. The van der Waals surface area contributed by atoms with Crippen LogP contribution in [-0.4, -0.2) is 76.2 Å². The number of carbonyl (C=O) groups is 5. The highest BCUT2D eigenvalue weighted by molar-refractivity contribution is 5.92. The lowest BCUT2D eigenvalue weighted by molar-refractivity contribution is -0.165. The number of benzene rings is 2. The summed E-state index contributed by atoms with van der Waals surface area (Å²) < 4.78 is 10.7. The van der Waals surface area contributed by atoms with Gasteiger partial charge in [-0.05, 0) is 51.2 Å². The lowest BCUT2D eigenvalue weighted by atomic mass is 9.99. The minimum atomic E-state index is -1.76. The minimum absolute atomic E-state index is 0.0339. The maximum Gasteiger partial charge on any atom is 0.408 e. The Kier molecular flexibility index (Phi) is 11.6. The molecule has 3 rings (SSSR count). The number of aliphatic hydroxyl groups excluding tert-OH is 1. The molecule has 232 valence electrons. The average Bonchev–Trinajstić information content (AvgIpc) is 3.45. The van der Waals surface area contributed by atoms with E-state index >= 15 is 0 Å². The highest BCUT2D eigenvalue weighted by Gasteiger charge is 2.41. The molecule has 2 aromatic rings. The van der Waals surface area contributed by atoms with Crippen molar-refractivity contribution in [2.45, 2.75) is 82.9 Å². The normalized spacial score (nSPS) is 16.8. The van der Waals surface area contributed by atoms with Crippen LogP contribution in [0.3, 0.4) is 0 Å². The van der Waals surface area contributed by atoms with E-state index in [-0.39, 0.29) is 19.6 Å². The van der Waals surface area contributed by atoms with Crippen LogP contribution in [0.15, 0.2) is 60.7 Å². The number of likely N-dealkylation sites (tertiary alicyclic amines) is 1. The molecule has 0 aliphatic carbocycles. The number of aliphatic hydroxyl groups is 1. The topological polar surface area (TPSA) is 177 Å². The second kappa shape index (κ2) is 15.1. The van der Waals surface area contributed by atoms with Crippen LogP contribution in [0.5, 0.6) is 0 Å². The molecule has 1 aliphatic rings. The Hall–Kier alpha value is -4.45. The van der Waals surface area contributed by atoms with Gasteiger partial charge in [-0.25, -0.2) is 9.59 Å². The Morgan fingerprint density at radius 3 is 2.16 bits per heavy atom. The number of ether oxygens (including phenoxy) is 2. The van der Waals surface area contributed by atoms with Crippen LogP contribution in [0.2, 0.25) is 0 Å². The molecule has 0 radical (unpaired) electrons. The smallest absolute Gasteiger partial charge is 0.408 e. The molecule has 5 N–H and O–H groups in total. The summed E-state index contributed by atoms with van der Waals surface area (Å²) in [5, 5.41) is 16.2. The van der Waals surface area contributed by atoms with Gasteiger partial charge in [0, 0.05) is 6.54 Å². The zero-order valence-electron chi connectivity index (χ0n) is 24.7. The van der Waals surface area contributed by atoms with Gasteiger partial charge in [0.15, 0.2) is 6.10 Å². The van der Waals surface area contributed by atoms with E-state index in [1.54, 1.807) is 75.4 Å². The number of hydrogen-bond donors (Lipinski definition) is 4. The number of rotatable bonds is 12. The summed E-state index contributed by atoms with van der Waals surface area (Å²) in [6.45, 7) is 5.32. The SMILES string of the molecule is CC(C)(C)OC(=O)[C@H]1CCCN1C(=O)C(O)[C@H](Cc1ccccc1)NC(=O)[C@H](CC(N)=O)NC(=O)OCc1ccccc1. The van der Waals surface area contributed by atoms with Gasteiger partial charge in [0.05, 0.1) is 12.5 Å². The van der Waals surface area contributed by atoms with Gasteiger partial charge < -0.3 is 35.8 Å². The molecule has 1 unspecified atom stereocenters. The molecule has 1 aliphatic heterocycles. The van der Waals surface area contributed by atoms with E-state index in [2.05, 4.69) is 10.6 Å². The summed E-state index contributed by atoms with van der Waals surface area (Å²) >= 11 is 0. The summed E-state index contributed by atoms with van der Waals surface area (Å²) in [5.74, 6) is -3.05. The van der Waals surface area contributed by atoms with Crippen LogP contribution in [0.25, 0.3) is 0 Å². The average molecular weight is 597 g/mol. The van der Waals surface area contributed by atoms with Crippen molar-refractivity contribution in [3.8, 4) is 0 Å². The fourth-order valence-electron chi connectivity index (χ4n) is 4.70. The van der Waals surface area contributed by atoms with E-state index in [9.17, 15) is 29.1 Å². The molecule has 0 saturated carbocycles. The zero-order chi connectivity index (χ0) is 31.6. The molecule has 4 amide bonds. The van der Waals surface area contributed by atoms with E-state index in [0.717, 1.165) is 0 Å². The van der Waals surface area contributed by atoms with Crippen molar-refractivity contribution < 1.29 is 38.6 Å². The van der Waals surface area contributed by atoms with E-state index in [4.69, 9.17) is 15.2 Å². The van der Waals surface area contributed by atoms with Gasteiger partial charge in [-0.3, -0.25) is 14.4 Å². The molecular formula is C31H40N4O8. The molecule has 4 atom stereocenters. The standard InChI is InChI=1S/C31H40N4O8/c1-31(2,3)43-29(40)24-15-10-16-35(24)28(39)26(37)22(17-20-11-6-4-7-12-20)33-27(38)23(18-25(32)36)34-30(41)42-19-21-13-8-5-9-14-21/h4-9,11-14,22-24,26,37H,10,15-19H2,1-3H3,(H2,32,36)(H,33,38)(H,34,41)/t22-,23-,24+,26?/m0/s1. The number of nitrogens with one attached hydrogen (secondary N) is 2. The molecule has 12 nitrogen and oxygen atoms in total. The number of primary amides is 1. The van der Waals surface area contributed by atoms with Gasteiger partial charge in [-0.2, -0.15) is 0 Å². The van der Waals surface area contributed by atoms with Crippen molar-refractivity contribution in [3.05, 3.63) is 71.8 Å². The Labute approximate surface area is 250 Å². The fraction of sp³-hybridized carbons (Fsp3) is 0.452. The van der Waals surface area contributed by atoms with Crippen LogP contribution < -0.4 is 16.4 Å². The van der Waals surface area contributed by atoms with E-state index in [1.165, 1.54) is 4.90 Å². The molecule has 0 spiro atoms. The first kappa shape index (κ1) is 33.1. The van der Waals surface area contributed by atoms with Crippen LogP contribution in [-0.2, 0) is 41.7 Å². The highest BCUT2D eigenvalue weighted by atomic mass is 16.6. The molecular weight excluding hydrogens is 556 g/mol. The predicted molar refractivity (Wildman–Crippen MR) is 156 cm³/mol. The van der Waals surface area contributed by atoms with Crippen LogP contribution in [0.4, 0.5) is 4.79 Å². The first-order chi connectivity index (χ1) is 20.3. The summed E-state index contributed by atoms with van der Waals surface area (Å²) in [4.78, 5) is 65.2. The number of esters is 1. The summed E-state index contributed by atoms with van der Waals surface area (Å²) in [7, 11) is 0. The number of alkyl carbamates (subject to hydrolysis) is 1. The van der Waals surface area contributed by atoms with Crippen molar-refractivity contribution in [2.24, 2.45) is 5.73 Å². The lowest BCUT2D eigenvalue weighted by Gasteiger charge is -2.32. The second-order valence-electron chi connectivity index (χ2n) is 11.4. The van der Waals surface area contributed by atoms with Gasteiger partial charge in [-0.15, -0.1) is 0 Å². The molecule has 2 aromatic carbocycles. The fourth-order valence-corrected chi connectivity index (χ4v) is 4.70. The van der Waals surface area contributed by atoms with Crippen molar-refractivity contribution in [1.29, 1.82) is 0 Å². The third-order valence-electron chi connectivity index (χ3n) is 6.70. The number of nitrogens with zero attached hydrogens (tertiary/aromatic N) is 1. The summed E-state index contributed by atoms with van der Waals surface area (Å²) in [6.07, 6.45) is -2.33. The number of hydrogen-bond acceptors (Lipinski definition) is 8. The molecule has 1 saturated heterocycles. The summed E-state index contributed by atoms with van der Waals surface area (Å²) in [6, 6.07) is 14.2. The summed E-state index contributed by atoms with van der Waals surface area (Å²) in [5.41, 5.74) is 5.99. The van der Waals surface area contributed by atoms with Gasteiger partial charge >= 0.3 is 12.1 Å². The van der Waals surface area contributed by atoms with Crippen LogP contribution >= 0.6 is 0 Å². The predicted octanol–water partition coefficient (Wildman–Crippen LogP) is 1.58. The third-order valence-corrected chi connectivity index (χ3v) is 6.70. The molecule has 0 bridgehead atoms. The molecule has 1 heterocycles. The number of amides is 4. The van der Waals surface area contributed by atoms with E-state index in [0.29, 0.717) is 24.0 Å². The highest BCUT2D eigenvalue weighted by Crippen LogP contribution is 2.23. The molecule has 1 fully saturated rings. The zero-order valence-corrected chi connectivity index (χ0v) is 24.7.